The first-order chi connectivity index (χ1) is 13.4. The number of hydrogen-bond donors (Lipinski definition) is 1. The predicted octanol–water partition coefficient (Wildman–Crippen LogP) is 3.80. The van der Waals surface area contributed by atoms with Gasteiger partial charge in [0.2, 0.25) is 5.91 Å². The van der Waals surface area contributed by atoms with Gasteiger partial charge < -0.3 is 9.84 Å². The molecule has 0 radical (unpaired) electrons. The van der Waals surface area contributed by atoms with Crippen LogP contribution in [0.3, 0.4) is 0 Å². The van der Waals surface area contributed by atoms with Crippen LogP contribution in [0.25, 0.3) is 16.9 Å². The smallest absolute Gasteiger partial charge is 0.230 e. The van der Waals surface area contributed by atoms with Crippen molar-refractivity contribution in [2.24, 2.45) is 0 Å². The minimum Gasteiger partial charge on any atom is -0.359 e. The first-order valence-corrected chi connectivity index (χ1v) is 9.07. The second-order valence-electron chi connectivity index (χ2n) is 6.94. The lowest BCUT2D eigenvalue weighted by Gasteiger charge is -2.07. The number of benzene rings is 1. The number of aromatic nitrogens is 4. The van der Waals surface area contributed by atoms with E-state index in [1.54, 1.807) is 18.4 Å². The lowest BCUT2D eigenvalue weighted by Crippen LogP contribution is -2.17. The molecule has 7 nitrogen and oxygen atoms in total. The molecule has 0 saturated heterocycles. The Labute approximate surface area is 162 Å². The molecule has 0 unspecified atom stereocenters. The summed E-state index contributed by atoms with van der Waals surface area (Å²) in [5, 5.41) is 11.3. The molecule has 1 aromatic carbocycles. The van der Waals surface area contributed by atoms with E-state index in [9.17, 15) is 4.79 Å². The van der Waals surface area contributed by atoms with Gasteiger partial charge in [0.15, 0.2) is 11.4 Å². The first kappa shape index (κ1) is 17.9. The summed E-state index contributed by atoms with van der Waals surface area (Å²) in [4.78, 5) is 17.5. The molecule has 28 heavy (non-hydrogen) atoms. The fourth-order valence-corrected chi connectivity index (χ4v) is 3.17. The summed E-state index contributed by atoms with van der Waals surface area (Å²) < 4.78 is 6.87. The molecule has 0 aliphatic rings. The van der Waals surface area contributed by atoms with Gasteiger partial charge in [0.05, 0.1) is 23.5 Å². The van der Waals surface area contributed by atoms with Gasteiger partial charge in [-0.25, -0.2) is 9.50 Å². The molecule has 3 heterocycles. The molecule has 1 amide bonds. The van der Waals surface area contributed by atoms with E-state index in [0.29, 0.717) is 22.8 Å². The van der Waals surface area contributed by atoms with Crippen molar-refractivity contribution in [3.63, 3.8) is 0 Å². The van der Waals surface area contributed by atoms with Crippen molar-refractivity contribution < 1.29 is 9.32 Å². The largest absolute Gasteiger partial charge is 0.359 e. The van der Waals surface area contributed by atoms with Crippen LogP contribution in [-0.2, 0) is 11.2 Å². The zero-order chi connectivity index (χ0) is 19.8. The van der Waals surface area contributed by atoms with Crippen LogP contribution < -0.4 is 5.32 Å². The van der Waals surface area contributed by atoms with Crippen LogP contribution in [0.15, 0.2) is 40.9 Å². The van der Waals surface area contributed by atoms with Gasteiger partial charge in [0.25, 0.3) is 0 Å². The summed E-state index contributed by atoms with van der Waals surface area (Å²) in [6.45, 7) is 7.52. The van der Waals surface area contributed by atoms with Gasteiger partial charge in [-0.05, 0) is 39.8 Å². The molecule has 0 spiro atoms. The Kier molecular flexibility index (Phi) is 4.43. The summed E-state index contributed by atoms with van der Waals surface area (Å²) in [5.41, 5.74) is 6.44. The van der Waals surface area contributed by atoms with E-state index in [-0.39, 0.29) is 12.3 Å². The Morgan fingerprint density at radius 2 is 1.82 bits per heavy atom. The molecular weight excluding hydrogens is 354 g/mol. The third kappa shape index (κ3) is 3.26. The quantitative estimate of drug-likeness (QED) is 0.586. The molecule has 7 heteroatoms. The molecule has 142 valence electrons. The SMILES string of the molecule is Cc1ccc(-c2nc3ccc(C)nn3c2CC(=O)Nc2c(C)noc2C)cc1. The number of aryl methyl sites for hydroxylation is 4. The number of nitrogens with zero attached hydrogens (tertiary/aromatic N) is 4. The second-order valence-corrected chi connectivity index (χ2v) is 6.94. The molecular formula is C21H21N5O2. The number of nitrogens with one attached hydrogen (secondary N) is 1. The molecule has 0 aliphatic heterocycles. The maximum atomic E-state index is 12.8. The third-order valence-electron chi connectivity index (χ3n) is 4.65. The Bertz CT molecular complexity index is 1150. The summed E-state index contributed by atoms with van der Waals surface area (Å²) >= 11 is 0. The van der Waals surface area contributed by atoms with Gasteiger partial charge in [0, 0.05) is 5.56 Å². The van der Waals surface area contributed by atoms with Gasteiger partial charge in [-0.2, -0.15) is 5.10 Å². The van der Waals surface area contributed by atoms with Crippen LogP contribution in [0.1, 0.15) is 28.4 Å². The molecule has 4 rings (SSSR count). The number of anilines is 1. The highest BCUT2D eigenvalue weighted by molar-refractivity contribution is 5.94. The maximum absolute atomic E-state index is 12.8. The van der Waals surface area contributed by atoms with E-state index < -0.39 is 0 Å². The van der Waals surface area contributed by atoms with Crippen molar-refractivity contribution in [1.29, 1.82) is 0 Å². The Balaban J connectivity index is 1.75. The number of fused-ring (bicyclic) bond motifs is 1. The van der Waals surface area contributed by atoms with E-state index in [4.69, 9.17) is 9.51 Å². The van der Waals surface area contributed by atoms with Crippen LogP contribution in [0.4, 0.5) is 5.69 Å². The zero-order valence-electron chi connectivity index (χ0n) is 16.3. The molecule has 1 N–H and O–H groups in total. The maximum Gasteiger partial charge on any atom is 0.230 e. The van der Waals surface area contributed by atoms with E-state index in [0.717, 1.165) is 22.6 Å². The Morgan fingerprint density at radius 1 is 1.07 bits per heavy atom. The molecule has 3 aromatic heterocycles. The molecule has 0 atom stereocenters. The van der Waals surface area contributed by atoms with Crippen LogP contribution in [0, 0.1) is 27.7 Å². The molecule has 0 aliphatic carbocycles. The van der Waals surface area contributed by atoms with Crippen LogP contribution in [0.2, 0.25) is 0 Å². The number of amides is 1. The Hall–Kier alpha value is -3.48. The van der Waals surface area contributed by atoms with Crippen LogP contribution in [-0.4, -0.2) is 25.7 Å². The van der Waals surface area contributed by atoms with Crippen LogP contribution in [0.5, 0.6) is 0 Å². The van der Waals surface area contributed by atoms with E-state index >= 15 is 0 Å². The van der Waals surface area contributed by atoms with Gasteiger partial charge >= 0.3 is 0 Å². The van der Waals surface area contributed by atoms with Crippen molar-refractivity contribution in [3.05, 3.63) is 64.8 Å². The highest BCUT2D eigenvalue weighted by Crippen LogP contribution is 2.26. The van der Waals surface area contributed by atoms with Gasteiger partial charge in [-0.1, -0.05) is 35.0 Å². The fraction of sp³-hybridized carbons (Fsp3) is 0.238. The number of imidazole rings is 1. The fourth-order valence-electron chi connectivity index (χ4n) is 3.17. The van der Waals surface area contributed by atoms with E-state index in [1.807, 2.05) is 50.2 Å². The number of carbonyl (C=O) groups excluding carboxylic acids is 1. The molecule has 0 bridgehead atoms. The van der Waals surface area contributed by atoms with Crippen molar-refractivity contribution in [3.8, 4) is 11.3 Å². The summed E-state index contributed by atoms with van der Waals surface area (Å²) in [6, 6.07) is 11.9. The second kappa shape index (κ2) is 6.92. The zero-order valence-corrected chi connectivity index (χ0v) is 16.3. The minimum absolute atomic E-state index is 0.130. The summed E-state index contributed by atoms with van der Waals surface area (Å²) in [6.07, 6.45) is 0.130. The van der Waals surface area contributed by atoms with E-state index in [2.05, 4.69) is 15.6 Å². The average Bonchev–Trinajstić information content (AvgIpc) is 3.17. The highest BCUT2D eigenvalue weighted by atomic mass is 16.5. The average molecular weight is 375 g/mol. The van der Waals surface area contributed by atoms with Gasteiger partial charge in [-0.3, -0.25) is 4.79 Å². The van der Waals surface area contributed by atoms with Crippen molar-refractivity contribution >= 4 is 17.2 Å². The van der Waals surface area contributed by atoms with Crippen molar-refractivity contribution in [2.75, 3.05) is 5.32 Å². The topological polar surface area (TPSA) is 85.3 Å². The molecule has 4 aromatic rings. The third-order valence-corrected chi connectivity index (χ3v) is 4.65. The van der Waals surface area contributed by atoms with Gasteiger partial charge in [0.1, 0.15) is 11.4 Å². The lowest BCUT2D eigenvalue weighted by molar-refractivity contribution is -0.115. The van der Waals surface area contributed by atoms with Gasteiger partial charge in [-0.15, -0.1) is 0 Å². The van der Waals surface area contributed by atoms with E-state index in [1.165, 1.54) is 5.56 Å². The number of carbonyl (C=O) groups is 1. The first-order valence-electron chi connectivity index (χ1n) is 9.07. The highest BCUT2D eigenvalue weighted by Gasteiger charge is 2.20. The standard InChI is InChI=1S/C21H21N5O2/c1-12-5-8-16(9-6-12)21-17(26-18(22-21)10-7-13(2)24-26)11-19(27)23-20-14(3)25-28-15(20)4/h5-10H,11H2,1-4H3,(H,23,27). The van der Waals surface area contributed by atoms with Crippen LogP contribution >= 0.6 is 0 Å². The molecule has 0 fully saturated rings. The normalized spacial score (nSPS) is 11.1. The number of rotatable bonds is 4. The minimum atomic E-state index is -0.173. The Morgan fingerprint density at radius 3 is 2.50 bits per heavy atom. The predicted molar refractivity (Wildman–Crippen MR) is 106 cm³/mol. The summed E-state index contributed by atoms with van der Waals surface area (Å²) in [5.74, 6) is 0.407. The molecule has 0 saturated carbocycles. The van der Waals surface area contributed by atoms with Crippen molar-refractivity contribution in [2.45, 2.75) is 34.1 Å². The lowest BCUT2D eigenvalue weighted by atomic mass is 10.1. The monoisotopic (exact) mass is 375 g/mol. The van der Waals surface area contributed by atoms with Crippen molar-refractivity contribution in [1.82, 2.24) is 19.8 Å². The number of hydrogen-bond acceptors (Lipinski definition) is 5. The summed E-state index contributed by atoms with van der Waals surface area (Å²) in [7, 11) is 0.